The third-order valence-corrected chi connectivity index (χ3v) is 11.7. The smallest absolute Gasteiger partial charge is 0.233 e. The number of aromatic hydroxyl groups is 2. The maximum absolute atomic E-state index is 13.7. The van der Waals surface area contributed by atoms with E-state index in [1.807, 2.05) is 13.1 Å². The first-order valence-electron chi connectivity index (χ1n) is 12.9. The summed E-state index contributed by atoms with van der Waals surface area (Å²) in [6.07, 6.45) is 1.78. The van der Waals surface area contributed by atoms with Gasteiger partial charge in [-0.3, -0.25) is 4.79 Å². The van der Waals surface area contributed by atoms with Gasteiger partial charge in [0.1, 0.15) is 23.1 Å². The van der Waals surface area contributed by atoms with E-state index in [-0.39, 0.29) is 34.2 Å². The minimum Gasteiger partial charge on any atom is -0.508 e. The fourth-order valence-corrected chi connectivity index (χ4v) is 5.97. The van der Waals surface area contributed by atoms with E-state index in [0.29, 0.717) is 30.5 Å². The van der Waals surface area contributed by atoms with Crippen molar-refractivity contribution < 1.29 is 28.6 Å². The molecular formula is C30H35F2NO4Si. The van der Waals surface area contributed by atoms with Gasteiger partial charge < -0.3 is 19.9 Å². The number of carbonyl (C=O) groups excluding carboxylic acids is 1. The average Bonchev–Trinajstić information content (AvgIpc) is 2.83. The van der Waals surface area contributed by atoms with Gasteiger partial charge in [-0.2, -0.15) is 0 Å². The van der Waals surface area contributed by atoms with E-state index in [2.05, 4.69) is 13.8 Å². The van der Waals surface area contributed by atoms with Crippen molar-refractivity contribution in [3.05, 3.63) is 89.5 Å². The Hall–Kier alpha value is -3.23. The number of carbonyl (C=O) groups is 1. The Morgan fingerprint density at radius 2 is 1.53 bits per heavy atom. The van der Waals surface area contributed by atoms with Crippen LogP contribution in [0.4, 0.5) is 14.5 Å². The Labute approximate surface area is 223 Å². The van der Waals surface area contributed by atoms with Gasteiger partial charge in [0.2, 0.25) is 5.91 Å². The lowest BCUT2D eigenvalue weighted by Gasteiger charge is -2.48. The van der Waals surface area contributed by atoms with Crippen molar-refractivity contribution in [1.29, 1.82) is 0 Å². The van der Waals surface area contributed by atoms with E-state index in [0.717, 1.165) is 5.56 Å². The molecule has 0 aromatic heterocycles. The molecule has 5 nitrogen and oxygen atoms in total. The molecule has 1 unspecified atom stereocenters. The minimum absolute atomic E-state index is 0.0220. The van der Waals surface area contributed by atoms with Gasteiger partial charge in [-0.05, 0) is 97.4 Å². The zero-order valence-electron chi connectivity index (χ0n) is 22.2. The summed E-state index contributed by atoms with van der Waals surface area (Å²) in [7, 11) is -2.53. The second kappa shape index (κ2) is 10.5. The fourth-order valence-electron chi connectivity index (χ4n) is 5.23. The summed E-state index contributed by atoms with van der Waals surface area (Å²) < 4.78 is 27.3. The monoisotopic (exact) mass is 539 g/mol. The van der Waals surface area contributed by atoms with Crippen LogP contribution in [0, 0.1) is 17.6 Å². The fraction of sp³-hybridized carbons (Fsp3) is 0.367. The van der Waals surface area contributed by atoms with Gasteiger partial charge in [-0.15, -0.1) is 0 Å². The summed E-state index contributed by atoms with van der Waals surface area (Å²) in [5.74, 6) is -1.56. The Bertz CT molecular complexity index is 1290. The molecule has 1 saturated heterocycles. The SMILES string of the molecule is CC(C)(C[C@@H](CCC1C(=O)N(c2ccc(F)cc2)[C@@H]1c1ccc(O)cc1O)c1ccc(F)cc1)[Si](C)(C)O. The molecule has 3 atom stereocenters. The summed E-state index contributed by atoms with van der Waals surface area (Å²) in [6, 6.07) is 15.8. The quantitative estimate of drug-likeness (QED) is 0.202. The van der Waals surface area contributed by atoms with Crippen LogP contribution < -0.4 is 4.90 Å². The molecule has 3 N–H and O–H groups in total. The number of β-lactam (4-membered cyclic amide) rings is 1. The van der Waals surface area contributed by atoms with Crippen molar-refractivity contribution >= 4 is 19.9 Å². The zero-order valence-corrected chi connectivity index (χ0v) is 23.2. The minimum atomic E-state index is -2.53. The van der Waals surface area contributed by atoms with Crippen LogP contribution in [-0.2, 0) is 4.79 Å². The highest BCUT2D eigenvalue weighted by Crippen LogP contribution is 2.51. The van der Waals surface area contributed by atoms with Gasteiger partial charge in [0.25, 0.3) is 0 Å². The maximum atomic E-state index is 13.7. The van der Waals surface area contributed by atoms with Gasteiger partial charge >= 0.3 is 0 Å². The lowest BCUT2D eigenvalue weighted by molar-refractivity contribution is -0.130. The third kappa shape index (κ3) is 5.61. The largest absolute Gasteiger partial charge is 0.508 e. The highest BCUT2D eigenvalue weighted by molar-refractivity contribution is 6.72. The van der Waals surface area contributed by atoms with Crippen LogP contribution in [0.15, 0.2) is 66.7 Å². The van der Waals surface area contributed by atoms with Crippen molar-refractivity contribution in [3.8, 4) is 11.5 Å². The normalized spacial score (nSPS) is 18.8. The summed E-state index contributed by atoms with van der Waals surface area (Å²) >= 11 is 0. The molecule has 0 spiro atoms. The molecule has 1 aliphatic rings. The van der Waals surface area contributed by atoms with E-state index < -0.39 is 26.1 Å². The second-order valence-corrected chi connectivity index (χ2v) is 15.9. The molecule has 202 valence electrons. The number of halogens is 2. The Morgan fingerprint density at radius 3 is 2.08 bits per heavy atom. The van der Waals surface area contributed by atoms with Crippen LogP contribution in [0.25, 0.3) is 0 Å². The topological polar surface area (TPSA) is 81.0 Å². The van der Waals surface area contributed by atoms with Crippen LogP contribution >= 0.6 is 0 Å². The second-order valence-electron chi connectivity index (χ2n) is 11.5. The van der Waals surface area contributed by atoms with E-state index in [4.69, 9.17) is 0 Å². The van der Waals surface area contributed by atoms with Crippen LogP contribution in [0.2, 0.25) is 18.1 Å². The molecule has 0 radical (unpaired) electrons. The predicted octanol–water partition coefficient (Wildman–Crippen LogP) is 7.01. The van der Waals surface area contributed by atoms with Crippen molar-refractivity contribution in [2.45, 2.75) is 63.2 Å². The van der Waals surface area contributed by atoms with Crippen LogP contribution in [-0.4, -0.2) is 29.2 Å². The molecule has 1 aliphatic heterocycles. The Balaban J connectivity index is 1.64. The summed E-state index contributed by atoms with van der Waals surface area (Å²) in [4.78, 5) is 25.9. The summed E-state index contributed by atoms with van der Waals surface area (Å²) in [6.45, 7) is 7.93. The molecule has 1 amide bonds. The molecule has 1 heterocycles. The number of amides is 1. The van der Waals surface area contributed by atoms with E-state index >= 15 is 0 Å². The molecule has 0 bridgehead atoms. The van der Waals surface area contributed by atoms with Crippen LogP contribution in [0.3, 0.4) is 0 Å². The standard InChI is InChI=1S/C30H35F2NO4Si/c1-30(2,38(3,4)37)18-20(19-5-8-21(31)9-6-19)7-15-26-28(25-16-14-24(34)17-27(25)35)33(29(26)36)23-12-10-22(32)11-13-23/h5-6,8-14,16-17,20,26,28,34-35,37H,7,15,18H2,1-4H3/t20-,26?,28-/m1/s1. The van der Waals surface area contributed by atoms with Crippen molar-refractivity contribution in [2.24, 2.45) is 5.92 Å². The molecule has 1 fully saturated rings. The molecule has 0 saturated carbocycles. The van der Waals surface area contributed by atoms with Gasteiger partial charge in [-0.25, -0.2) is 8.78 Å². The van der Waals surface area contributed by atoms with Gasteiger partial charge in [0.15, 0.2) is 8.32 Å². The van der Waals surface area contributed by atoms with Crippen LogP contribution in [0.5, 0.6) is 11.5 Å². The molecule has 4 rings (SSSR count). The number of rotatable bonds is 9. The first-order valence-corrected chi connectivity index (χ1v) is 15.8. The van der Waals surface area contributed by atoms with Gasteiger partial charge in [-0.1, -0.05) is 26.0 Å². The average molecular weight is 540 g/mol. The van der Waals surface area contributed by atoms with Crippen LogP contribution in [0.1, 0.15) is 56.2 Å². The van der Waals surface area contributed by atoms with Crippen molar-refractivity contribution in [1.82, 2.24) is 0 Å². The number of anilines is 1. The lowest BCUT2D eigenvalue weighted by Crippen LogP contribution is -2.55. The molecule has 3 aromatic rings. The molecule has 3 aromatic carbocycles. The molecule has 8 heteroatoms. The number of phenols is 2. The predicted molar refractivity (Wildman–Crippen MR) is 147 cm³/mol. The number of phenolic OH excluding ortho intramolecular Hbond substituents is 2. The third-order valence-electron chi connectivity index (χ3n) is 8.23. The number of hydrogen-bond donors (Lipinski definition) is 3. The number of hydrogen-bond acceptors (Lipinski definition) is 4. The van der Waals surface area contributed by atoms with E-state index in [9.17, 15) is 28.6 Å². The molecular weight excluding hydrogens is 504 g/mol. The Kier molecular flexibility index (Phi) is 7.68. The highest BCUT2D eigenvalue weighted by Gasteiger charge is 2.50. The Morgan fingerprint density at radius 1 is 0.947 bits per heavy atom. The number of benzene rings is 3. The molecule has 0 aliphatic carbocycles. The van der Waals surface area contributed by atoms with Gasteiger partial charge in [0, 0.05) is 17.3 Å². The highest BCUT2D eigenvalue weighted by atomic mass is 28.4. The lowest BCUT2D eigenvalue weighted by atomic mass is 9.75. The first-order chi connectivity index (χ1) is 17.8. The zero-order chi connectivity index (χ0) is 27.8. The molecule has 38 heavy (non-hydrogen) atoms. The first kappa shape index (κ1) is 27.8. The maximum Gasteiger partial charge on any atom is 0.233 e. The summed E-state index contributed by atoms with van der Waals surface area (Å²) in [5, 5.41) is 20.1. The van der Waals surface area contributed by atoms with E-state index in [1.54, 1.807) is 23.1 Å². The summed E-state index contributed by atoms with van der Waals surface area (Å²) in [5.41, 5.74) is 1.97. The van der Waals surface area contributed by atoms with Crippen molar-refractivity contribution in [3.63, 3.8) is 0 Å². The van der Waals surface area contributed by atoms with Gasteiger partial charge in [0.05, 0.1) is 12.0 Å². The van der Waals surface area contributed by atoms with E-state index in [1.165, 1.54) is 48.5 Å². The number of nitrogens with zero attached hydrogens (tertiary/aromatic N) is 1. The van der Waals surface area contributed by atoms with Crippen molar-refractivity contribution in [2.75, 3.05) is 4.90 Å².